The minimum Gasteiger partial charge on any atom is -0.399 e. The molecule has 16 aromatic rings. The molecule has 13 heterocycles. The van der Waals surface area contributed by atoms with Crippen LogP contribution in [0.25, 0.3) is 68.2 Å². The minimum atomic E-state index is -0.231. The number of pyridine rings is 2. The maximum Gasteiger partial charge on any atom is 0.455 e. The lowest BCUT2D eigenvalue weighted by atomic mass is 9.97. The normalized spacial score (nSPS) is 12.1. The van der Waals surface area contributed by atoms with Gasteiger partial charge in [-0.3, -0.25) is 19.6 Å². The standard InChI is InChI=1S/C13H10N4.C9H11N5.C8H9N5O.C7H7N5O.C7H9N5.C7H7N5.C4H3N5O.C3H6N4.CH3N5/c1-2-4-10(5-3-1)11-6-8-12(9-7-11)13-14-16-17-15-13;1-14(2)8-5-3-7(4-6-8)9-10-12-13-11-9;14-7-5-3-1-2-4-6(5)9-8-10-11-12-13(7)8;13-5-12-7(9-10-11-12)6-1-3-8-4-2-6;1-11-7(8-9-10-11)12-5-3-2-4-6-12;8-6-3-1-2-5(4-6)7-9-11-12-10-7;10-3-1-2-9-4(5-3)6-7-8-9;1-3-4-5-6-7(3)2;2-1-3-5-6-4-1/h1-9H,(H,14,15,16,17);3-6H,1-2H3,(H,10,11,12,13);1-4H2,(H,9,10,12);1-4,13H,5H2;2-7H,1H3;1-4H,8H2,(H,9,10,11,12);1-2H,(H,5,6,8,10);1-2H3;(H3,2,3,4,5,6)/q;;;;+2;;;;. The molecule has 0 fully saturated rings. The molecule has 12 aromatic heterocycles. The van der Waals surface area contributed by atoms with E-state index in [9.17, 15) is 9.59 Å². The second-order valence-corrected chi connectivity index (χ2v) is 21.5. The number of aliphatic hydroxyl groups excluding tert-OH is 1. The van der Waals surface area contributed by atoms with Crippen LogP contribution in [-0.4, -0.2) is 209 Å². The van der Waals surface area contributed by atoms with Crippen LogP contribution in [0, 0.1) is 6.92 Å². The van der Waals surface area contributed by atoms with Crippen LogP contribution in [0.5, 0.6) is 0 Å². The van der Waals surface area contributed by atoms with E-state index in [1.165, 1.54) is 37.1 Å². The van der Waals surface area contributed by atoms with Gasteiger partial charge in [0, 0.05) is 97.1 Å². The highest BCUT2D eigenvalue weighted by atomic mass is 16.3. The predicted octanol–water partition coefficient (Wildman–Crippen LogP) is 1.31. The number of aromatic nitrogens is 36. The van der Waals surface area contributed by atoms with Crippen molar-refractivity contribution in [3.8, 4) is 56.7 Å². The second kappa shape index (κ2) is 37.1. The number of tetrazole rings is 8. The number of rotatable bonds is 8. The molecule has 1 aliphatic carbocycles. The Hall–Kier alpha value is -15.3. The first-order valence-corrected chi connectivity index (χ1v) is 31.1. The summed E-state index contributed by atoms with van der Waals surface area (Å²) in [4.78, 5) is 35.1. The summed E-state index contributed by atoms with van der Waals surface area (Å²) in [7, 11) is 7.65. The third kappa shape index (κ3) is 20.9. The lowest BCUT2D eigenvalue weighted by molar-refractivity contribution is -0.887. The Morgan fingerprint density at radius 1 is 0.610 bits per heavy atom. The first-order valence-electron chi connectivity index (χ1n) is 31.1. The van der Waals surface area contributed by atoms with E-state index in [-0.39, 0.29) is 30.1 Å². The highest BCUT2D eigenvalue weighted by Crippen LogP contribution is 2.23. The highest BCUT2D eigenvalue weighted by Gasteiger charge is 2.31. The first-order chi connectivity index (χ1) is 51.3. The third-order valence-electron chi connectivity index (χ3n) is 14.3. The van der Waals surface area contributed by atoms with Crippen LogP contribution in [-0.2, 0) is 26.6 Å². The van der Waals surface area contributed by atoms with Gasteiger partial charge < -0.3 is 21.5 Å². The van der Waals surface area contributed by atoms with Crippen molar-refractivity contribution in [3.05, 3.63) is 208 Å². The van der Waals surface area contributed by atoms with Crippen LogP contribution in [0.4, 0.5) is 17.3 Å². The molecule has 46 heteroatoms. The Balaban J connectivity index is 0.000000128. The molecular formula is C59H65N43O3+2. The van der Waals surface area contributed by atoms with E-state index in [2.05, 4.69) is 199 Å². The van der Waals surface area contributed by atoms with Crippen LogP contribution >= 0.6 is 0 Å². The first kappa shape index (κ1) is 72.5. The average molecular weight is 1420 g/mol. The number of fused-ring (bicyclic) bond motifs is 3. The fourth-order valence-corrected chi connectivity index (χ4v) is 8.98. The van der Waals surface area contributed by atoms with Gasteiger partial charge in [0.15, 0.2) is 23.4 Å². The molecule has 1 unspecified atom stereocenters. The molecule has 18 rings (SSSR count). The SMILES string of the molecule is CN(C)c1ccc(-c2nn[nH]n2)cc1.C[N+]1=NN=NC1[n+]1ccccc1.Cc1nnnn1C.Nc1cccc(-c2nn[nH]n2)c1.Nc1nn[nH]n1.O=c1c2c(nc3nn[nH]n13)CCCC2.O=c1ccn2nnnc2[nH]1.OCn1nnnc1-c1ccncc1.c1ccc(-c2ccc(-c3nn[nH]n3)cc2)cc1. The van der Waals surface area contributed by atoms with E-state index in [4.69, 9.17) is 16.6 Å². The molecule has 0 spiro atoms. The van der Waals surface area contributed by atoms with Crippen LogP contribution in [0.3, 0.4) is 0 Å². The van der Waals surface area contributed by atoms with Gasteiger partial charge in [-0.25, -0.2) is 9.67 Å². The largest absolute Gasteiger partial charge is 0.455 e. The van der Waals surface area contributed by atoms with Gasteiger partial charge >= 0.3 is 6.29 Å². The number of aromatic amines is 6. The number of H-pyrrole nitrogens is 6. The molecule has 11 N–H and O–H groups in total. The Labute approximate surface area is 589 Å². The van der Waals surface area contributed by atoms with Gasteiger partial charge in [0.1, 0.15) is 19.6 Å². The molecule has 0 radical (unpaired) electrons. The molecule has 2 aliphatic rings. The van der Waals surface area contributed by atoms with Crippen LogP contribution in [0.2, 0.25) is 0 Å². The van der Waals surface area contributed by atoms with E-state index in [1.807, 2.05) is 141 Å². The van der Waals surface area contributed by atoms with Gasteiger partial charge in [-0.1, -0.05) is 92.8 Å². The molecule has 0 saturated carbocycles. The second-order valence-electron chi connectivity index (χ2n) is 21.5. The maximum absolute atomic E-state index is 11.8. The van der Waals surface area contributed by atoms with Crippen LogP contribution in [0.15, 0.2) is 196 Å². The Kier molecular flexibility index (Phi) is 25.6. The molecule has 532 valence electrons. The number of nitrogens with one attached hydrogen (secondary N) is 6. The van der Waals surface area contributed by atoms with Crippen molar-refractivity contribution in [1.82, 2.24) is 178 Å². The number of nitrogens with zero attached hydrogens (tertiary/aromatic N) is 35. The van der Waals surface area contributed by atoms with Gasteiger partial charge in [-0.15, -0.1) is 50.5 Å². The van der Waals surface area contributed by atoms with Gasteiger partial charge in [0.05, 0.1) is 10.8 Å². The summed E-state index contributed by atoms with van der Waals surface area (Å²) in [5.41, 5.74) is 19.8. The molecular weight excluding hydrogens is 1360 g/mol. The number of hydrogen-bond acceptors (Lipinski definition) is 34. The monoisotopic (exact) mass is 1420 g/mol. The molecule has 0 bridgehead atoms. The molecule has 46 nitrogen and oxygen atoms in total. The zero-order chi connectivity index (χ0) is 73.5. The van der Waals surface area contributed by atoms with Gasteiger partial charge in [0.2, 0.25) is 22.7 Å². The van der Waals surface area contributed by atoms with E-state index in [0.717, 1.165) is 70.7 Å². The summed E-state index contributed by atoms with van der Waals surface area (Å²) in [5.74, 6) is 4.06. The number of aryl methyl sites for hydroxylation is 3. The highest BCUT2D eigenvalue weighted by molar-refractivity contribution is 5.67. The van der Waals surface area contributed by atoms with Crippen molar-refractivity contribution in [2.75, 3.05) is 37.5 Å². The Morgan fingerprint density at radius 3 is 1.79 bits per heavy atom. The number of nitrogen functional groups attached to an aromatic ring is 2. The number of nitrogens with two attached hydrogens (primary N) is 2. The van der Waals surface area contributed by atoms with Gasteiger partial charge in [-0.2, -0.15) is 39.8 Å². The number of benzene rings is 4. The summed E-state index contributed by atoms with van der Waals surface area (Å²) < 4.78 is 9.21. The van der Waals surface area contributed by atoms with E-state index < -0.39 is 0 Å². The van der Waals surface area contributed by atoms with Crippen LogP contribution in [0.1, 0.15) is 36.2 Å². The topological polar surface area (TPSA) is 589 Å². The maximum atomic E-state index is 11.8. The molecule has 105 heavy (non-hydrogen) atoms. The Morgan fingerprint density at radius 2 is 1.22 bits per heavy atom. The van der Waals surface area contributed by atoms with Crippen molar-refractivity contribution in [2.24, 2.45) is 22.6 Å². The smallest absolute Gasteiger partial charge is 0.399 e. The lowest BCUT2D eigenvalue weighted by Gasteiger charge is -2.12. The summed E-state index contributed by atoms with van der Waals surface area (Å²) in [6.07, 6.45) is 12.4. The molecule has 4 aromatic carbocycles. The molecule has 1 atom stereocenters. The molecule has 0 saturated heterocycles. The van der Waals surface area contributed by atoms with Crippen molar-refractivity contribution >= 4 is 28.9 Å². The summed E-state index contributed by atoms with van der Waals surface area (Å²) in [5, 5.41) is 115. The summed E-state index contributed by atoms with van der Waals surface area (Å²) >= 11 is 0. The fourth-order valence-electron chi connectivity index (χ4n) is 8.98. The summed E-state index contributed by atoms with van der Waals surface area (Å²) in [6, 6.07) is 44.4. The van der Waals surface area contributed by atoms with E-state index in [1.54, 1.807) is 47.0 Å². The molecule has 1 aliphatic heterocycles. The quantitative estimate of drug-likeness (QED) is 0.0765. The zero-order valence-electron chi connectivity index (χ0n) is 56.3. The lowest BCUT2D eigenvalue weighted by Crippen LogP contribution is -2.41. The third-order valence-corrected chi connectivity index (χ3v) is 14.3. The predicted molar refractivity (Wildman–Crippen MR) is 367 cm³/mol. The van der Waals surface area contributed by atoms with Gasteiger partial charge in [-0.05, 0) is 150 Å². The van der Waals surface area contributed by atoms with Gasteiger partial charge in [0.25, 0.3) is 28.6 Å². The fraction of sp³-hybridized carbons (Fsp3) is 0.186. The molecule has 0 amide bonds. The van der Waals surface area contributed by atoms with Crippen molar-refractivity contribution in [3.63, 3.8) is 0 Å². The number of aliphatic hydroxyl groups is 1. The van der Waals surface area contributed by atoms with Crippen molar-refractivity contribution in [1.29, 1.82) is 0 Å². The van der Waals surface area contributed by atoms with Crippen LogP contribution < -0.4 is 32.1 Å². The minimum absolute atomic E-state index is 0.0466. The van der Waals surface area contributed by atoms with Crippen molar-refractivity contribution < 1.29 is 14.4 Å². The van der Waals surface area contributed by atoms with E-state index >= 15 is 0 Å². The van der Waals surface area contributed by atoms with Crippen molar-refractivity contribution in [2.45, 2.75) is 45.6 Å². The Bertz CT molecular complexity index is 5320. The zero-order valence-corrected chi connectivity index (χ0v) is 56.3. The summed E-state index contributed by atoms with van der Waals surface area (Å²) in [6.45, 7) is 1.62. The average Bonchev–Trinajstić information content (AvgIpc) is 1.71. The number of anilines is 3. The number of hydrogen-bond donors (Lipinski definition) is 9. The van der Waals surface area contributed by atoms with E-state index in [0.29, 0.717) is 40.5 Å².